The first-order valence-corrected chi connectivity index (χ1v) is 7.04. The minimum Gasteiger partial charge on any atom is -0.378 e. The van der Waals surface area contributed by atoms with Crippen molar-refractivity contribution in [2.75, 3.05) is 19.8 Å². The Bertz CT molecular complexity index is 552. The quantitative estimate of drug-likeness (QED) is 0.931. The molecule has 0 bridgehead atoms. The summed E-state index contributed by atoms with van der Waals surface area (Å²) in [7, 11) is 0. The Morgan fingerprint density at radius 1 is 1.35 bits per heavy atom. The molecular weight excluding hydrogens is 252 g/mol. The minimum atomic E-state index is 0.208. The van der Waals surface area contributed by atoms with Gasteiger partial charge in [0.05, 0.1) is 31.1 Å². The van der Waals surface area contributed by atoms with Crippen LogP contribution in [0.4, 0.5) is 0 Å². The molecule has 1 saturated heterocycles. The van der Waals surface area contributed by atoms with Gasteiger partial charge in [0.15, 0.2) is 0 Å². The number of ether oxygens (including phenoxy) is 1. The Morgan fingerprint density at radius 2 is 2.15 bits per heavy atom. The number of pyridine rings is 1. The van der Waals surface area contributed by atoms with Gasteiger partial charge in [-0.2, -0.15) is 0 Å². The lowest BCUT2D eigenvalue weighted by atomic mass is 10.1. The summed E-state index contributed by atoms with van der Waals surface area (Å²) in [5, 5.41) is 0. The summed E-state index contributed by atoms with van der Waals surface area (Å²) in [6, 6.07) is 4.65. The highest BCUT2D eigenvalue weighted by atomic mass is 16.5. The van der Waals surface area contributed by atoms with Crippen molar-refractivity contribution >= 4 is 0 Å². The average Bonchev–Trinajstić information content (AvgIpc) is 2.98. The van der Waals surface area contributed by atoms with Crippen molar-refractivity contribution in [3.63, 3.8) is 0 Å². The number of imidazole rings is 1. The van der Waals surface area contributed by atoms with E-state index in [4.69, 9.17) is 4.74 Å². The Balaban J connectivity index is 1.85. The molecule has 1 N–H and O–H groups in total. The van der Waals surface area contributed by atoms with E-state index in [2.05, 4.69) is 33.7 Å². The van der Waals surface area contributed by atoms with Gasteiger partial charge in [-0.3, -0.25) is 9.88 Å². The van der Waals surface area contributed by atoms with Gasteiger partial charge in [-0.25, -0.2) is 4.98 Å². The summed E-state index contributed by atoms with van der Waals surface area (Å²) in [4.78, 5) is 14.4. The SMILES string of the molecule is CC(C)N1CCOC[C@H]1c1ncc(-c2ccncc2)[nH]1. The van der Waals surface area contributed by atoms with Crippen molar-refractivity contribution in [2.24, 2.45) is 0 Å². The molecule has 0 saturated carbocycles. The number of aromatic amines is 1. The van der Waals surface area contributed by atoms with Gasteiger partial charge in [0.1, 0.15) is 5.82 Å². The molecular formula is C15H20N4O. The Labute approximate surface area is 119 Å². The normalized spacial score (nSPS) is 20.4. The van der Waals surface area contributed by atoms with Crippen molar-refractivity contribution in [1.82, 2.24) is 19.9 Å². The number of nitrogens with one attached hydrogen (secondary N) is 1. The summed E-state index contributed by atoms with van der Waals surface area (Å²) >= 11 is 0. The van der Waals surface area contributed by atoms with Crippen LogP contribution < -0.4 is 0 Å². The lowest BCUT2D eigenvalue weighted by molar-refractivity contribution is -0.0262. The van der Waals surface area contributed by atoms with Crippen LogP contribution in [0.25, 0.3) is 11.3 Å². The highest BCUT2D eigenvalue weighted by Gasteiger charge is 2.28. The molecule has 1 aliphatic heterocycles. The predicted octanol–water partition coefficient (Wildman–Crippen LogP) is 2.25. The average molecular weight is 272 g/mol. The molecule has 1 aliphatic rings. The number of nitrogens with zero attached hydrogens (tertiary/aromatic N) is 3. The zero-order chi connectivity index (χ0) is 13.9. The second-order valence-electron chi connectivity index (χ2n) is 5.34. The van der Waals surface area contributed by atoms with E-state index in [1.165, 1.54) is 0 Å². The van der Waals surface area contributed by atoms with Crippen LogP contribution in [0, 0.1) is 0 Å². The van der Waals surface area contributed by atoms with Crippen LogP contribution in [0.2, 0.25) is 0 Å². The topological polar surface area (TPSA) is 54.0 Å². The van der Waals surface area contributed by atoms with Crippen LogP contribution in [0.15, 0.2) is 30.7 Å². The smallest absolute Gasteiger partial charge is 0.126 e. The van der Waals surface area contributed by atoms with Gasteiger partial charge in [0, 0.05) is 30.5 Å². The maximum absolute atomic E-state index is 5.62. The molecule has 0 spiro atoms. The van der Waals surface area contributed by atoms with Crippen molar-refractivity contribution in [3.05, 3.63) is 36.5 Å². The van der Waals surface area contributed by atoms with Gasteiger partial charge in [-0.1, -0.05) is 0 Å². The first-order chi connectivity index (χ1) is 9.75. The van der Waals surface area contributed by atoms with Gasteiger partial charge >= 0.3 is 0 Å². The second-order valence-corrected chi connectivity index (χ2v) is 5.34. The van der Waals surface area contributed by atoms with Crippen molar-refractivity contribution in [1.29, 1.82) is 0 Å². The van der Waals surface area contributed by atoms with Gasteiger partial charge in [-0.05, 0) is 26.0 Å². The third-order valence-electron chi connectivity index (χ3n) is 3.74. The van der Waals surface area contributed by atoms with E-state index < -0.39 is 0 Å². The van der Waals surface area contributed by atoms with Crippen LogP contribution in [-0.4, -0.2) is 45.7 Å². The lowest BCUT2D eigenvalue weighted by Gasteiger charge is -2.37. The predicted molar refractivity (Wildman–Crippen MR) is 77.2 cm³/mol. The molecule has 2 aromatic rings. The van der Waals surface area contributed by atoms with E-state index in [1.807, 2.05) is 18.3 Å². The minimum absolute atomic E-state index is 0.208. The summed E-state index contributed by atoms with van der Waals surface area (Å²) < 4.78 is 5.62. The Morgan fingerprint density at radius 3 is 2.90 bits per heavy atom. The molecule has 3 rings (SSSR count). The first-order valence-electron chi connectivity index (χ1n) is 7.04. The molecule has 0 radical (unpaired) electrons. The molecule has 2 aromatic heterocycles. The fourth-order valence-corrected chi connectivity index (χ4v) is 2.65. The third kappa shape index (κ3) is 2.59. The van der Waals surface area contributed by atoms with Gasteiger partial charge in [0.25, 0.3) is 0 Å². The van der Waals surface area contributed by atoms with Crippen LogP contribution >= 0.6 is 0 Å². The summed E-state index contributed by atoms with van der Waals surface area (Å²) in [6.45, 7) is 6.87. The standard InChI is InChI=1S/C15H20N4O/c1-11(2)19-7-8-20-10-14(19)15-17-9-13(18-15)12-3-5-16-6-4-12/h3-6,9,11,14H,7-8,10H2,1-2H3,(H,17,18)/t14-/m0/s1. The molecule has 1 atom stereocenters. The third-order valence-corrected chi connectivity index (χ3v) is 3.74. The number of H-pyrrole nitrogens is 1. The molecule has 0 amide bonds. The first kappa shape index (κ1) is 13.3. The summed E-state index contributed by atoms with van der Waals surface area (Å²) in [5.41, 5.74) is 2.13. The van der Waals surface area contributed by atoms with Crippen LogP contribution in [0.3, 0.4) is 0 Å². The van der Waals surface area contributed by atoms with Crippen molar-refractivity contribution in [3.8, 4) is 11.3 Å². The van der Waals surface area contributed by atoms with Gasteiger partial charge in [0.2, 0.25) is 0 Å². The highest BCUT2D eigenvalue weighted by molar-refractivity contribution is 5.57. The Kier molecular flexibility index (Phi) is 3.80. The second kappa shape index (κ2) is 5.73. The number of morpholine rings is 1. The summed E-state index contributed by atoms with van der Waals surface area (Å²) in [5.74, 6) is 0.977. The molecule has 0 aromatic carbocycles. The number of rotatable bonds is 3. The molecule has 5 nitrogen and oxygen atoms in total. The number of hydrogen-bond acceptors (Lipinski definition) is 4. The van der Waals surface area contributed by atoms with Crippen molar-refractivity contribution < 1.29 is 4.74 Å². The van der Waals surface area contributed by atoms with Crippen molar-refractivity contribution in [2.45, 2.75) is 25.9 Å². The van der Waals surface area contributed by atoms with Gasteiger partial charge < -0.3 is 9.72 Å². The highest BCUT2D eigenvalue weighted by Crippen LogP contribution is 2.26. The van der Waals surface area contributed by atoms with E-state index in [0.29, 0.717) is 12.6 Å². The molecule has 106 valence electrons. The molecule has 1 fully saturated rings. The fraction of sp³-hybridized carbons (Fsp3) is 0.467. The molecule has 20 heavy (non-hydrogen) atoms. The monoisotopic (exact) mass is 272 g/mol. The zero-order valence-electron chi connectivity index (χ0n) is 11.9. The van der Waals surface area contributed by atoms with Crippen LogP contribution in [-0.2, 0) is 4.74 Å². The van der Waals surface area contributed by atoms with Crippen LogP contribution in [0.5, 0.6) is 0 Å². The Hall–Kier alpha value is -1.72. The molecule has 3 heterocycles. The lowest BCUT2D eigenvalue weighted by Crippen LogP contribution is -2.43. The maximum Gasteiger partial charge on any atom is 0.126 e. The van der Waals surface area contributed by atoms with E-state index in [1.54, 1.807) is 12.4 Å². The number of aromatic nitrogens is 3. The van der Waals surface area contributed by atoms with E-state index in [0.717, 1.165) is 30.2 Å². The van der Waals surface area contributed by atoms with E-state index in [9.17, 15) is 0 Å². The summed E-state index contributed by atoms with van der Waals surface area (Å²) in [6.07, 6.45) is 5.47. The molecule has 0 aliphatic carbocycles. The van der Waals surface area contributed by atoms with Gasteiger partial charge in [-0.15, -0.1) is 0 Å². The molecule has 5 heteroatoms. The number of hydrogen-bond donors (Lipinski definition) is 1. The largest absolute Gasteiger partial charge is 0.378 e. The fourth-order valence-electron chi connectivity index (χ4n) is 2.65. The zero-order valence-corrected chi connectivity index (χ0v) is 11.9. The maximum atomic E-state index is 5.62. The van der Waals surface area contributed by atoms with Crippen LogP contribution in [0.1, 0.15) is 25.7 Å². The van der Waals surface area contributed by atoms with E-state index >= 15 is 0 Å². The molecule has 0 unspecified atom stereocenters. The van der Waals surface area contributed by atoms with E-state index in [-0.39, 0.29) is 6.04 Å².